The van der Waals surface area contributed by atoms with Crippen molar-refractivity contribution in [2.24, 2.45) is 0 Å². The van der Waals surface area contributed by atoms with E-state index in [1.165, 1.54) is 0 Å². The molecule has 1 aromatic carbocycles. The van der Waals surface area contributed by atoms with Crippen LogP contribution in [-0.4, -0.2) is 66.9 Å². The summed E-state index contributed by atoms with van der Waals surface area (Å²) in [6.45, 7) is -0.509. The molecular formula is C24H25N3O5S. The van der Waals surface area contributed by atoms with Gasteiger partial charge in [0.1, 0.15) is 40.9 Å². The predicted molar refractivity (Wildman–Crippen MR) is 123 cm³/mol. The van der Waals surface area contributed by atoms with Gasteiger partial charge in [-0.15, -0.1) is 0 Å². The molecule has 2 aliphatic rings. The van der Waals surface area contributed by atoms with Crippen LogP contribution >= 0.6 is 11.8 Å². The quantitative estimate of drug-likeness (QED) is 0.391. The third-order valence-electron chi connectivity index (χ3n) is 6.49. The molecule has 1 saturated heterocycles. The number of aliphatic hydroxyl groups is 4. The summed E-state index contributed by atoms with van der Waals surface area (Å²) in [5.41, 5.74) is 4.12. The number of rotatable bonds is 4. The predicted octanol–water partition coefficient (Wildman–Crippen LogP) is 1.87. The number of pyridine rings is 1. The number of nitrogens with one attached hydrogen (secondary N) is 1. The van der Waals surface area contributed by atoms with Gasteiger partial charge in [-0.3, -0.25) is 0 Å². The second kappa shape index (κ2) is 9.06. The van der Waals surface area contributed by atoms with Gasteiger partial charge >= 0.3 is 0 Å². The van der Waals surface area contributed by atoms with Crippen molar-refractivity contribution in [2.75, 3.05) is 6.61 Å². The normalized spacial score (nSPS) is 27.3. The Hall–Kier alpha value is -2.45. The lowest BCUT2D eigenvalue weighted by molar-refractivity contribution is -0.205. The lowest BCUT2D eigenvalue weighted by atomic mass is 9.87. The van der Waals surface area contributed by atoms with Crippen molar-refractivity contribution in [3.05, 3.63) is 47.3 Å². The zero-order chi connectivity index (χ0) is 23.1. The van der Waals surface area contributed by atoms with E-state index in [0.29, 0.717) is 10.6 Å². The van der Waals surface area contributed by atoms with Gasteiger partial charge in [-0.25, -0.2) is 4.98 Å². The molecule has 0 unspecified atom stereocenters. The smallest absolute Gasteiger partial charge is 0.138 e. The maximum Gasteiger partial charge on any atom is 0.138 e. The maximum absolute atomic E-state index is 10.5. The Morgan fingerprint density at radius 3 is 2.70 bits per heavy atom. The Labute approximate surface area is 194 Å². The van der Waals surface area contributed by atoms with E-state index in [1.54, 1.807) is 0 Å². The summed E-state index contributed by atoms with van der Waals surface area (Å²) in [4.78, 5) is 8.08. The van der Waals surface area contributed by atoms with Gasteiger partial charge in [-0.1, -0.05) is 30.0 Å². The molecule has 0 radical (unpaired) electrons. The second-order valence-electron chi connectivity index (χ2n) is 8.47. The van der Waals surface area contributed by atoms with E-state index in [-0.39, 0.29) is 0 Å². The minimum Gasteiger partial charge on any atom is -0.394 e. The summed E-state index contributed by atoms with van der Waals surface area (Å²) in [5.74, 6) is 0. The van der Waals surface area contributed by atoms with Gasteiger partial charge in [-0.2, -0.15) is 5.26 Å². The first-order valence-corrected chi connectivity index (χ1v) is 11.9. The number of thioether (sulfide) groups is 1. The summed E-state index contributed by atoms with van der Waals surface area (Å²) in [7, 11) is 0. The molecule has 0 amide bonds. The Balaban J connectivity index is 1.64. The first-order chi connectivity index (χ1) is 16.0. The average Bonchev–Trinajstić information content (AvgIpc) is 3.27. The number of aryl methyl sites for hydroxylation is 1. The molecule has 5 atom stereocenters. The summed E-state index contributed by atoms with van der Waals surface area (Å²) in [5, 5.41) is 52.0. The molecule has 1 aliphatic carbocycles. The van der Waals surface area contributed by atoms with E-state index in [9.17, 15) is 25.7 Å². The van der Waals surface area contributed by atoms with Crippen molar-refractivity contribution in [3.8, 4) is 17.2 Å². The zero-order valence-corrected chi connectivity index (χ0v) is 18.6. The van der Waals surface area contributed by atoms with Crippen LogP contribution in [0.5, 0.6) is 0 Å². The van der Waals surface area contributed by atoms with Crippen LogP contribution in [0.2, 0.25) is 0 Å². The van der Waals surface area contributed by atoms with Gasteiger partial charge in [-0.05, 0) is 37.3 Å². The van der Waals surface area contributed by atoms with Crippen LogP contribution < -0.4 is 0 Å². The molecule has 9 heteroatoms. The lowest BCUT2D eigenvalue weighted by Gasteiger charge is -2.39. The number of aromatic amines is 1. The molecule has 5 rings (SSSR count). The van der Waals surface area contributed by atoms with Crippen LogP contribution in [-0.2, 0) is 17.6 Å². The SMILES string of the molecule is N#Cc1c(S[C@@H]2O[C@H](CO)[C@H](O)[C@H](O)[C@H]2O)nc2c(c1-c1c[nH]c3ccccc13)CCCC2. The summed E-state index contributed by atoms with van der Waals surface area (Å²) < 4.78 is 5.68. The number of hydrogen-bond donors (Lipinski definition) is 5. The van der Waals surface area contributed by atoms with Crippen LogP contribution in [0, 0.1) is 11.3 Å². The largest absolute Gasteiger partial charge is 0.394 e. The van der Waals surface area contributed by atoms with Crippen molar-refractivity contribution in [1.82, 2.24) is 9.97 Å². The van der Waals surface area contributed by atoms with Crippen LogP contribution in [0.15, 0.2) is 35.5 Å². The average molecular weight is 468 g/mol. The minimum atomic E-state index is -1.48. The molecule has 3 heterocycles. The number of fused-ring (bicyclic) bond motifs is 2. The molecule has 8 nitrogen and oxygen atoms in total. The summed E-state index contributed by atoms with van der Waals surface area (Å²) in [6, 6.07) is 10.2. The van der Waals surface area contributed by atoms with E-state index in [2.05, 4.69) is 11.1 Å². The first-order valence-electron chi connectivity index (χ1n) is 11.0. The topological polar surface area (TPSA) is 143 Å². The monoisotopic (exact) mass is 467 g/mol. The van der Waals surface area contributed by atoms with Gasteiger partial charge in [0.15, 0.2) is 0 Å². The van der Waals surface area contributed by atoms with Crippen LogP contribution in [0.4, 0.5) is 0 Å². The fourth-order valence-electron chi connectivity index (χ4n) is 4.76. The lowest BCUT2D eigenvalue weighted by Crippen LogP contribution is -2.57. The third kappa shape index (κ3) is 3.83. The van der Waals surface area contributed by atoms with Gasteiger partial charge < -0.3 is 30.1 Å². The number of H-pyrrole nitrogens is 1. The first kappa shape index (κ1) is 22.3. The molecule has 33 heavy (non-hydrogen) atoms. The zero-order valence-electron chi connectivity index (χ0n) is 17.8. The molecule has 1 fully saturated rings. The van der Waals surface area contributed by atoms with Gasteiger partial charge in [0.05, 0.1) is 12.2 Å². The van der Waals surface area contributed by atoms with Crippen molar-refractivity contribution < 1.29 is 25.2 Å². The number of nitriles is 1. The molecule has 172 valence electrons. The minimum absolute atomic E-state index is 0.391. The number of benzene rings is 1. The third-order valence-corrected chi connectivity index (χ3v) is 7.63. The van der Waals surface area contributed by atoms with Crippen LogP contribution in [0.1, 0.15) is 29.7 Å². The highest BCUT2D eigenvalue weighted by atomic mass is 32.2. The molecule has 5 N–H and O–H groups in total. The standard InChI is InChI=1S/C24H25N3O5S/c25-9-14-19(15-10-26-16-7-3-1-5-12(15)16)13-6-2-4-8-17(13)27-23(14)33-24-22(31)21(30)20(29)18(11-28)32-24/h1,3,5,7,10,18,20-22,24,26,28-31H,2,4,6,8,11H2/t18-,20+,21+,22-,24+/m1/s1. The van der Waals surface area contributed by atoms with Gasteiger partial charge in [0, 0.05) is 33.9 Å². The van der Waals surface area contributed by atoms with Crippen molar-refractivity contribution >= 4 is 22.7 Å². The van der Waals surface area contributed by atoms with Crippen molar-refractivity contribution in [2.45, 2.75) is 60.6 Å². The Morgan fingerprint density at radius 1 is 1.12 bits per heavy atom. The van der Waals surface area contributed by atoms with Crippen LogP contribution in [0.25, 0.3) is 22.0 Å². The van der Waals surface area contributed by atoms with E-state index < -0.39 is 36.5 Å². The molecule has 0 bridgehead atoms. The molecule has 1 aliphatic heterocycles. The summed E-state index contributed by atoms with van der Waals surface area (Å²) >= 11 is 1.04. The number of para-hydroxylation sites is 1. The van der Waals surface area contributed by atoms with Gasteiger partial charge in [0.25, 0.3) is 0 Å². The highest BCUT2D eigenvalue weighted by Crippen LogP contribution is 2.42. The highest BCUT2D eigenvalue weighted by molar-refractivity contribution is 7.99. The van der Waals surface area contributed by atoms with E-state index >= 15 is 0 Å². The Bertz CT molecular complexity index is 1220. The van der Waals surface area contributed by atoms with E-state index in [0.717, 1.165) is 70.7 Å². The Kier molecular flexibility index (Phi) is 6.14. The maximum atomic E-state index is 10.5. The number of hydrogen-bond acceptors (Lipinski definition) is 8. The molecular weight excluding hydrogens is 442 g/mol. The molecule has 0 saturated carbocycles. The van der Waals surface area contributed by atoms with Crippen molar-refractivity contribution in [3.63, 3.8) is 0 Å². The molecule has 2 aromatic heterocycles. The van der Waals surface area contributed by atoms with E-state index in [1.807, 2.05) is 30.5 Å². The molecule has 0 spiro atoms. The van der Waals surface area contributed by atoms with Crippen LogP contribution in [0.3, 0.4) is 0 Å². The number of aliphatic hydroxyl groups excluding tert-OH is 4. The van der Waals surface area contributed by atoms with Gasteiger partial charge in [0.2, 0.25) is 0 Å². The number of nitrogens with zero attached hydrogens (tertiary/aromatic N) is 2. The fraction of sp³-hybridized carbons (Fsp3) is 0.417. The fourth-order valence-corrected chi connectivity index (χ4v) is 5.90. The highest BCUT2D eigenvalue weighted by Gasteiger charge is 2.44. The Morgan fingerprint density at radius 2 is 1.91 bits per heavy atom. The van der Waals surface area contributed by atoms with E-state index in [4.69, 9.17) is 9.72 Å². The van der Waals surface area contributed by atoms with Crippen molar-refractivity contribution in [1.29, 1.82) is 5.26 Å². The number of aromatic nitrogens is 2. The number of ether oxygens (including phenoxy) is 1. The summed E-state index contributed by atoms with van der Waals surface area (Å²) in [6.07, 6.45) is 0.219. The molecule has 3 aromatic rings. The second-order valence-corrected chi connectivity index (χ2v) is 9.56.